The summed E-state index contributed by atoms with van der Waals surface area (Å²) in [4.78, 5) is 28.6. The molecule has 9 heteroatoms. The largest absolute Gasteiger partial charge is 0.494 e. The van der Waals surface area contributed by atoms with Crippen LogP contribution in [0.2, 0.25) is 0 Å². The number of carbonyl (C=O) groups excluding carboxylic acids is 2. The van der Waals surface area contributed by atoms with E-state index in [1.807, 2.05) is 58.0 Å². The Kier molecular flexibility index (Phi) is 11.3. The molecule has 3 aromatic rings. The van der Waals surface area contributed by atoms with E-state index in [4.69, 9.17) is 4.74 Å². The number of nitrogens with one attached hydrogen (secondary N) is 1. The molecule has 3 rings (SSSR count). The highest BCUT2D eigenvalue weighted by Gasteiger charge is 2.32. The summed E-state index contributed by atoms with van der Waals surface area (Å²) >= 11 is 0. The van der Waals surface area contributed by atoms with Gasteiger partial charge in [0.25, 0.3) is 10.0 Å². The second-order valence-electron chi connectivity index (χ2n) is 10.1. The average Bonchev–Trinajstić information content (AvgIpc) is 2.97. The van der Waals surface area contributed by atoms with Gasteiger partial charge in [0.05, 0.1) is 17.2 Å². The summed E-state index contributed by atoms with van der Waals surface area (Å²) in [6, 6.07) is 21.9. The van der Waals surface area contributed by atoms with Gasteiger partial charge in [-0.3, -0.25) is 13.9 Å². The number of aryl methyl sites for hydroxylation is 1. The van der Waals surface area contributed by atoms with Crippen molar-refractivity contribution >= 4 is 27.5 Å². The van der Waals surface area contributed by atoms with Gasteiger partial charge in [0.1, 0.15) is 18.3 Å². The van der Waals surface area contributed by atoms with E-state index in [-0.39, 0.29) is 23.4 Å². The van der Waals surface area contributed by atoms with E-state index in [0.29, 0.717) is 24.5 Å². The fourth-order valence-electron chi connectivity index (χ4n) is 4.28. The molecule has 0 saturated carbocycles. The Bertz CT molecular complexity index is 1380. The number of sulfonamides is 1. The summed E-state index contributed by atoms with van der Waals surface area (Å²) < 4.78 is 34.5. The summed E-state index contributed by atoms with van der Waals surface area (Å²) in [6.45, 7) is 9.54. The molecular formula is C32H41N3O5S. The maximum atomic E-state index is 14.0. The molecule has 0 fully saturated rings. The quantitative estimate of drug-likeness (QED) is 0.291. The molecular weight excluding hydrogens is 538 g/mol. The van der Waals surface area contributed by atoms with Gasteiger partial charge in [0, 0.05) is 12.6 Å². The van der Waals surface area contributed by atoms with Gasteiger partial charge in [0.2, 0.25) is 11.8 Å². The summed E-state index contributed by atoms with van der Waals surface area (Å²) in [6.07, 6.45) is 1.26. The number of benzene rings is 3. The Labute approximate surface area is 244 Å². The summed E-state index contributed by atoms with van der Waals surface area (Å²) in [5, 5.41) is 2.95. The topological polar surface area (TPSA) is 96.0 Å². The van der Waals surface area contributed by atoms with Crippen molar-refractivity contribution in [1.82, 2.24) is 10.2 Å². The third-order valence-corrected chi connectivity index (χ3v) is 8.76. The third-order valence-electron chi connectivity index (χ3n) is 6.98. The molecule has 0 saturated heterocycles. The molecule has 0 aliphatic heterocycles. The summed E-state index contributed by atoms with van der Waals surface area (Å²) in [5.74, 6) is -0.165. The number of hydrogen-bond donors (Lipinski definition) is 1. The van der Waals surface area contributed by atoms with Crippen LogP contribution in [0, 0.1) is 6.92 Å². The van der Waals surface area contributed by atoms with Crippen molar-refractivity contribution in [2.75, 3.05) is 24.0 Å². The van der Waals surface area contributed by atoms with Crippen molar-refractivity contribution in [3.05, 3.63) is 90.0 Å². The molecule has 2 atom stereocenters. The monoisotopic (exact) mass is 579 g/mol. The van der Waals surface area contributed by atoms with Crippen LogP contribution in [0.3, 0.4) is 0 Å². The molecule has 2 amide bonds. The maximum absolute atomic E-state index is 14.0. The lowest BCUT2D eigenvalue weighted by atomic mass is 10.1. The van der Waals surface area contributed by atoms with Crippen molar-refractivity contribution < 1.29 is 22.7 Å². The van der Waals surface area contributed by atoms with Crippen molar-refractivity contribution in [3.63, 3.8) is 0 Å². The highest BCUT2D eigenvalue weighted by molar-refractivity contribution is 7.92. The van der Waals surface area contributed by atoms with E-state index in [1.54, 1.807) is 43.3 Å². The van der Waals surface area contributed by atoms with Gasteiger partial charge in [-0.05, 0) is 82.5 Å². The van der Waals surface area contributed by atoms with Crippen LogP contribution in [-0.4, -0.2) is 56.9 Å². The van der Waals surface area contributed by atoms with Crippen LogP contribution in [-0.2, 0) is 26.0 Å². The number of anilines is 1. The maximum Gasteiger partial charge on any atom is 0.264 e. The molecule has 0 aromatic heterocycles. The second-order valence-corrected chi connectivity index (χ2v) is 11.9. The number of amides is 2. The van der Waals surface area contributed by atoms with E-state index in [9.17, 15) is 18.0 Å². The van der Waals surface area contributed by atoms with Gasteiger partial charge in [0.15, 0.2) is 0 Å². The van der Waals surface area contributed by atoms with Crippen LogP contribution >= 0.6 is 0 Å². The average molecular weight is 580 g/mol. The fourth-order valence-corrected chi connectivity index (χ4v) is 5.69. The molecule has 0 radical (unpaired) electrons. The van der Waals surface area contributed by atoms with Crippen LogP contribution in [0.15, 0.2) is 83.8 Å². The third kappa shape index (κ3) is 8.57. The van der Waals surface area contributed by atoms with Crippen LogP contribution in [0.1, 0.15) is 45.2 Å². The SMILES string of the molecule is CCOc1ccc(N(CC(=O)N(CCc2ccccc2)[C@@H](C)C(=O)N[C@@H](C)CC)S(=O)(=O)c2ccc(C)cc2)cc1. The molecule has 0 aliphatic carbocycles. The molecule has 0 unspecified atom stereocenters. The summed E-state index contributed by atoms with van der Waals surface area (Å²) in [5.41, 5.74) is 2.25. The standard InChI is InChI=1S/C32H41N3O5S/c1-6-25(4)33-32(37)26(5)34(22-21-27-11-9-8-10-12-27)31(36)23-35(28-15-17-29(18-16-28)40-7-2)41(38,39)30-19-13-24(3)14-20-30/h8-20,25-26H,6-7,21-23H2,1-5H3,(H,33,37)/t25-,26-/m0/s1. The van der Waals surface area contributed by atoms with Gasteiger partial charge in [-0.2, -0.15) is 0 Å². The molecule has 0 spiro atoms. The van der Waals surface area contributed by atoms with Gasteiger partial charge in [-0.1, -0.05) is 55.0 Å². The van der Waals surface area contributed by atoms with E-state index >= 15 is 0 Å². The van der Waals surface area contributed by atoms with E-state index < -0.39 is 28.5 Å². The van der Waals surface area contributed by atoms with Crippen LogP contribution in [0.4, 0.5) is 5.69 Å². The number of carbonyl (C=O) groups is 2. The fraction of sp³-hybridized carbons (Fsp3) is 0.375. The molecule has 3 aromatic carbocycles. The lowest BCUT2D eigenvalue weighted by molar-refractivity contribution is -0.139. The summed E-state index contributed by atoms with van der Waals surface area (Å²) in [7, 11) is -4.12. The Morgan fingerprint density at radius 1 is 0.902 bits per heavy atom. The first kappa shape index (κ1) is 31.7. The Hall–Kier alpha value is -3.85. The minimum absolute atomic E-state index is 0.0571. The minimum Gasteiger partial charge on any atom is -0.494 e. The first-order valence-electron chi connectivity index (χ1n) is 14.0. The first-order valence-corrected chi connectivity index (χ1v) is 15.5. The molecule has 1 N–H and O–H groups in total. The first-order chi connectivity index (χ1) is 19.6. The molecule has 0 aliphatic rings. The highest BCUT2D eigenvalue weighted by atomic mass is 32.2. The zero-order chi connectivity index (χ0) is 30.0. The molecule has 0 heterocycles. The second kappa shape index (κ2) is 14.7. The lowest BCUT2D eigenvalue weighted by Gasteiger charge is -2.32. The van der Waals surface area contributed by atoms with E-state index in [0.717, 1.165) is 21.9 Å². The van der Waals surface area contributed by atoms with Crippen LogP contribution < -0.4 is 14.4 Å². The van der Waals surface area contributed by atoms with E-state index in [2.05, 4.69) is 5.32 Å². The molecule has 8 nitrogen and oxygen atoms in total. The number of nitrogens with zero attached hydrogens (tertiary/aromatic N) is 2. The van der Waals surface area contributed by atoms with Crippen molar-refractivity contribution in [2.45, 2.75) is 64.4 Å². The highest BCUT2D eigenvalue weighted by Crippen LogP contribution is 2.26. The van der Waals surface area contributed by atoms with E-state index in [1.165, 1.54) is 17.0 Å². The molecule has 220 valence electrons. The Morgan fingerprint density at radius 2 is 1.54 bits per heavy atom. The van der Waals surface area contributed by atoms with Gasteiger partial charge in [-0.15, -0.1) is 0 Å². The Morgan fingerprint density at radius 3 is 2.12 bits per heavy atom. The smallest absolute Gasteiger partial charge is 0.264 e. The lowest BCUT2D eigenvalue weighted by Crippen LogP contribution is -2.53. The zero-order valence-corrected chi connectivity index (χ0v) is 25.4. The normalized spacial score (nSPS) is 12.7. The minimum atomic E-state index is -4.12. The van der Waals surface area contributed by atoms with Crippen molar-refractivity contribution in [3.8, 4) is 5.75 Å². The number of rotatable bonds is 14. The zero-order valence-electron chi connectivity index (χ0n) is 24.5. The van der Waals surface area contributed by atoms with Gasteiger partial charge < -0.3 is 15.0 Å². The number of hydrogen-bond acceptors (Lipinski definition) is 5. The van der Waals surface area contributed by atoms with Gasteiger partial charge in [-0.25, -0.2) is 8.42 Å². The molecule has 41 heavy (non-hydrogen) atoms. The predicted molar refractivity (Wildman–Crippen MR) is 163 cm³/mol. The molecule has 0 bridgehead atoms. The Balaban J connectivity index is 1.98. The predicted octanol–water partition coefficient (Wildman–Crippen LogP) is 4.96. The van der Waals surface area contributed by atoms with Crippen LogP contribution in [0.5, 0.6) is 5.75 Å². The van der Waals surface area contributed by atoms with Crippen LogP contribution in [0.25, 0.3) is 0 Å². The van der Waals surface area contributed by atoms with Gasteiger partial charge >= 0.3 is 0 Å². The number of ether oxygens (including phenoxy) is 1. The van der Waals surface area contributed by atoms with Crippen molar-refractivity contribution in [1.29, 1.82) is 0 Å². The van der Waals surface area contributed by atoms with Crippen molar-refractivity contribution in [2.24, 2.45) is 0 Å².